The second kappa shape index (κ2) is 5.68. The Morgan fingerprint density at radius 1 is 1.21 bits per heavy atom. The summed E-state index contributed by atoms with van der Waals surface area (Å²) in [6.45, 7) is 0.537. The van der Waals surface area contributed by atoms with Gasteiger partial charge in [-0.25, -0.2) is 0 Å². The summed E-state index contributed by atoms with van der Waals surface area (Å²) in [7, 11) is 1.61. The Morgan fingerprint density at radius 3 is 2.62 bits per heavy atom. The van der Waals surface area contributed by atoms with Gasteiger partial charge >= 0.3 is 0 Å². The minimum Gasteiger partial charge on any atom is -0.497 e. The summed E-state index contributed by atoms with van der Waals surface area (Å²) in [5, 5.41) is 0.515. The van der Waals surface area contributed by atoms with Gasteiger partial charge in [0, 0.05) is 6.07 Å². The number of rotatable bonds is 3. The minimum absolute atomic E-state index is 0.159. The van der Waals surface area contributed by atoms with Crippen LogP contribution in [0.15, 0.2) is 41.2 Å². The third-order valence-electron chi connectivity index (χ3n) is 3.97. The Kier molecular flexibility index (Phi) is 3.50. The molecule has 1 aliphatic rings. The molecule has 0 spiro atoms. The van der Waals surface area contributed by atoms with Gasteiger partial charge in [0.15, 0.2) is 16.3 Å². The van der Waals surface area contributed by atoms with E-state index in [1.807, 2.05) is 24.3 Å². The number of fused-ring (bicyclic) bond motifs is 2. The molecule has 1 aliphatic heterocycles. The zero-order chi connectivity index (χ0) is 16.7. The summed E-state index contributed by atoms with van der Waals surface area (Å²) < 4.78 is 17.7. The van der Waals surface area contributed by atoms with Crippen LogP contribution < -0.4 is 19.8 Å². The highest BCUT2D eigenvalue weighted by atomic mass is 32.1. The molecule has 2 heterocycles. The van der Waals surface area contributed by atoms with Crippen LogP contribution in [0.25, 0.3) is 10.9 Å². The van der Waals surface area contributed by atoms with Crippen LogP contribution in [0.3, 0.4) is 0 Å². The average molecular weight is 342 g/mol. The van der Waals surface area contributed by atoms with Gasteiger partial charge in [-0.05, 0) is 36.0 Å². The molecule has 0 aliphatic carbocycles. The van der Waals surface area contributed by atoms with Crippen molar-refractivity contribution in [2.24, 2.45) is 0 Å². The smallest absolute Gasteiger partial charge is 0.262 e. The number of nitrogens with zero attached hydrogens (tertiary/aromatic N) is 1. The molecule has 0 saturated carbocycles. The van der Waals surface area contributed by atoms with E-state index in [1.54, 1.807) is 19.2 Å². The van der Waals surface area contributed by atoms with Gasteiger partial charge in [-0.3, -0.25) is 9.36 Å². The molecule has 0 saturated heterocycles. The highest BCUT2D eigenvalue weighted by Gasteiger charge is 2.17. The normalized spacial score (nSPS) is 12.5. The van der Waals surface area contributed by atoms with Gasteiger partial charge in [0.2, 0.25) is 6.79 Å². The highest BCUT2D eigenvalue weighted by molar-refractivity contribution is 7.71. The minimum atomic E-state index is -0.164. The third kappa shape index (κ3) is 2.43. The molecule has 0 amide bonds. The van der Waals surface area contributed by atoms with Crippen LogP contribution in [0.4, 0.5) is 0 Å². The number of benzene rings is 2. The molecular weight excluding hydrogens is 328 g/mol. The molecule has 4 rings (SSSR count). The van der Waals surface area contributed by atoms with E-state index in [0.29, 0.717) is 33.7 Å². The number of H-pyrrole nitrogens is 1. The summed E-state index contributed by atoms with van der Waals surface area (Å²) in [6.07, 6.45) is 0. The van der Waals surface area contributed by atoms with Gasteiger partial charge in [-0.1, -0.05) is 12.1 Å². The molecule has 0 unspecified atom stereocenters. The lowest BCUT2D eigenvalue weighted by atomic mass is 10.2. The van der Waals surface area contributed by atoms with Crippen LogP contribution in [0, 0.1) is 4.77 Å². The van der Waals surface area contributed by atoms with Crippen LogP contribution in [-0.4, -0.2) is 23.5 Å². The van der Waals surface area contributed by atoms with E-state index < -0.39 is 0 Å². The van der Waals surface area contributed by atoms with Crippen LogP contribution >= 0.6 is 12.2 Å². The van der Waals surface area contributed by atoms with Crippen LogP contribution in [0.1, 0.15) is 5.56 Å². The molecule has 1 aromatic heterocycles. The second-order valence-electron chi connectivity index (χ2n) is 5.42. The lowest BCUT2D eigenvalue weighted by Gasteiger charge is -2.09. The topological polar surface area (TPSA) is 65.5 Å². The molecule has 1 N–H and O–H groups in total. The zero-order valence-electron chi connectivity index (χ0n) is 12.9. The molecule has 0 bridgehead atoms. The van der Waals surface area contributed by atoms with Crippen LogP contribution in [0.2, 0.25) is 0 Å². The van der Waals surface area contributed by atoms with Crippen molar-refractivity contribution in [2.45, 2.75) is 6.54 Å². The molecule has 0 fully saturated rings. The van der Waals surface area contributed by atoms with Gasteiger partial charge in [-0.15, -0.1) is 0 Å². The van der Waals surface area contributed by atoms with E-state index >= 15 is 0 Å². The summed E-state index contributed by atoms with van der Waals surface area (Å²) in [5.41, 5.74) is 1.43. The Hall–Kier alpha value is -2.80. The molecule has 0 radical (unpaired) electrons. The molecule has 2 aromatic carbocycles. The monoisotopic (exact) mass is 342 g/mol. The molecule has 6 nitrogen and oxygen atoms in total. The van der Waals surface area contributed by atoms with Crippen molar-refractivity contribution in [3.05, 3.63) is 57.1 Å². The number of aromatic nitrogens is 2. The van der Waals surface area contributed by atoms with Gasteiger partial charge in [0.1, 0.15) is 5.75 Å². The number of nitrogens with one attached hydrogen (secondary N) is 1. The van der Waals surface area contributed by atoms with Crippen molar-refractivity contribution in [1.82, 2.24) is 9.55 Å². The predicted molar refractivity (Wildman–Crippen MR) is 91.6 cm³/mol. The van der Waals surface area contributed by atoms with E-state index in [1.165, 1.54) is 4.57 Å². The van der Waals surface area contributed by atoms with E-state index in [2.05, 4.69) is 4.98 Å². The SMILES string of the molecule is COc1ccc(Cn2c(=S)[nH]c3cc4c(cc3c2=O)OCO4)cc1. The van der Waals surface area contributed by atoms with Gasteiger partial charge in [0.25, 0.3) is 5.56 Å². The molecule has 3 aromatic rings. The number of aromatic amines is 1. The molecule has 0 atom stereocenters. The summed E-state index contributed by atoms with van der Waals surface area (Å²) in [5.74, 6) is 1.95. The van der Waals surface area contributed by atoms with Gasteiger partial charge < -0.3 is 19.2 Å². The van der Waals surface area contributed by atoms with E-state index in [0.717, 1.165) is 11.3 Å². The lowest BCUT2D eigenvalue weighted by molar-refractivity contribution is 0.174. The van der Waals surface area contributed by atoms with E-state index in [-0.39, 0.29) is 12.4 Å². The Morgan fingerprint density at radius 2 is 1.92 bits per heavy atom. The Labute approximate surface area is 142 Å². The first-order valence-electron chi connectivity index (χ1n) is 7.35. The summed E-state index contributed by atoms with van der Waals surface area (Å²) in [6, 6.07) is 11.0. The Bertz CT molecular complexity index is 1040. The molecule has 122 valence electrons. The van der Waals surface area contributed by atoms with Crippen molar-refractivity contribution in [2.75, 3.05) is 13.9 Å². The first-order chi connectivity index (χ1) is 11.7. The number of ether oxygens (including phenoxy) is 3. The van der Waals surface area contributed by atoms with E-state index in [9.17, 15) is 4.79 Å². The molecule has 24 heavy (non-hydrogen) atoms. The quantitative estimate of drug-likeness (QED) is 0.742. The van der Waals surface area contributed by atoms with Crippen molar-refractivity contribution in [1.29, 1.82) is 0 Å². The van der Waals surface area contributed by atoms with Crippen molar-refractivity contribution >= 4 is 23.1 Å². The van der Waals surface area contributed by atoms with Gasteiger partial charge in [-0.2, -0.15) is 0 Å². The third-order valence-corrected chi connectivity index (χ3v) is 4.30. The maximum Gasteiger partial charge on any atom is 0.262 e. The van der Waals surface area contributed by atoms with Gasteiger partial charge in [0.05, 0.1) is 24.6 Å². The average Bonchev–Trinajstić information content (AvgIpc) is 3.05. The van der Waals surface area contributed by atoms with Crippen molar-refractivity contribution in [3.8, 4) is 17.2 Å². The number of hydrogen-bond donors (Lipinski definition) is 1. The van der Waals surface area contributed by atoms with Crippen molar-refractivity contribution < 1.29 is 14.2 Å². The second-order valence-corrected chi connectivity index (χ2v) is 5.81. The summed E-state index contributed by atoms with van der Waals surface area (Å²) >= 11 is 5.35. The largest absolute Gasteiger partial charge is 0.497 e. The lowest BCUT2D eigenvalue weighted by Crippen LogP contribution is -2.22. The highest BCUT2D eigenvalue weighted by Crippen LogP contribution is 2.34. The van der Waals surface area contributed by atoms with Crippen LogP contribution in [0.5, 0.6) is 17.2 Å². The first kappa shape index (κ1) is 14.8. The molecule has 7 heteroatoms. The maximum absolute atomic E-state index is 12.8. The van der Waals surface area contributed by atoms with Crippen LogP contribution in [-0.2, 0) is 6.54 Å². The predicted octanol–water partition coefficient (Wildman–Crippen LogP) is 2.84. The fraction of sp³-hybridized carbons (Fsp3) is 0.176. The molecular formula is C17H14N2O4S. The fourth-order valence-corrected chi connectivity index (χ4v) is 2.96. The standard InChI is InChI=1S/C17H14N2O4S/c1-21-11-4-2-10(3-5-11)8-19-16(20)12-6-14-15(23-9-22-14)7-13(12)18-17(19)24/h2-7H,8-9H2,1H3,(H,18,24). The zero-order valence-corrected chi connectivity index (χ0v) is 13.7. The maximum atomic E-state index is 12.8. The number of hydrogen-bond acceptors (Lipinski definition) is 5. The van der Waals surface area contributed by atoms with E-state index in [4.69, 9.17) is 26.4 Å². The Balaban J connectivity index is 1.81. The summed E-state index contributed by atoms with van der Waals surface area (Å²) in [4.78, 5) is 15.9. The fourth-order valence-electron chi connectivity index (χ4n) is 2.70. The number of methoxy groups -OCH3 is 1. The van der Waals surface area contributed by atoms with Crippen molar-refractivity contribution in [3.63, 3.8) is 0 Å². The first-order valence-corrected chi connectivity index (χ1v) is 7.76.